The zero-order chi connectivity index (χ0) is 11.9. The third-order valence-electron chi connectivity index (χ3n) is 2.04. The van der Waals surface area contributed by atoms with Crippen LogP contribution in [0.25, 0.3) is 0 Å². The van der Waals surface area contributed by atoms with Gasteiger partial charge in [0.1, 0.15) is 0 Å². The summed E-state index contributed by atoms with van der Waals surface area (Å²) < 4.78 is 5.59. The van der Waals surface area contributed by atoms with Crippen LogP contribution in [-0.2, 0) is 4.74 Å². The van der Waals surface area contributed by atoms with Gasteiger partial charge in [0, 0.05) is 31.8 Å². The van der Waals surface area contributed by atoms with E-state index in [9.17, 15) is 0 Å². The Hall–Kier alpha value is -0.120. The molecule has 0 radical (unpaired) electrons. The van der Waals surface area contributed by atoms with Crippen molar-refractivity contribution in [1.29, 1.82) is 0 Å². The van der Waals surface area contributed by atoms with Crippen molar-refractivity contribution >= 4 is 0 Å². The van der Waals surface area contributed by atoms with Gasteiger partial charge in [0.2, 0.25) is 0 Å². The van der Waals surface area contributed by atoms with E-state index >= 15 is 0 Å². The number of hydrogen-bond acceptors (Lipinski definition) is 3. The fourth-order valence-corrected chi connectivity index (χ4v) is 1.36. The molecule has 0 unspecified atom stereocenters. The first-order valence-electron chi connectivity index (χ1n) is 5.86. The second-order valence-corrected chi connectivity index (χ2v) is 5.55. The van der Waals surface area contributed by atoms with Crippen LogP contribution >= 0.6 is 0 Å². The fraction of sp³-hybridized carbons (Fsp3) is 1.00. The van der Waals surface area contributed by atoms with E-state index in [4.69, 9.17) is 4.74 Å². The average Bonchev–Trinajstić information content (AvgIpc) is 2.00. The Morgan fingerprint density at radius 2 is 1.60 bits per heavy atom. The highest BCUT2D eigenvalue weighted by molar-refractivity contribution is 4.74. The molecule has 3 nitrogen and oxygen atoms in total. The quantitative estimate of drug-likeness (QED) is 0.636. The Balaban J connectivity index is 3.46. The van der Waals surface area contributed by atoms with E-state index in [1.54, 1.807) is 0 Å². The van der Waals surface area contributed by atoms with Gasteiger partial charge in [-0.25, -0.2) is 0 Å². The Kier molecular flexibility index (Phi) is 6.41. The largest absolute Gasteiger partial charge is 0.375 e. The van der Waals surface area contributed by atoms with Gasteiger partial charge in [-0.3, -0.25) is 0 Å². The van der Waals surface area contributed by atoms with Gasteiger partial charge in [-0.1, -0.05) is 0 Å². The first kappa shape index (κ1) is 14.9. The Bertz CT molecular complexity index is 161. The highest BCUT2D eigenvalue weighted by atomic mass is 16.5. The smallest absolute Gasteiger partial charge is 0.0750 e. The molecule has 0 spiro atoms. The van der Waals surface area contributed by atoms with E-state index in [1.807, 2.05) is 6.92 Å². The molecule has 0 aliphatic heterocycles. The molecule has 0 aromatic carbocycles. The van der Waals surface area contributed by atoms with Crippen molar-refractivity contribution in [2.75, 3.05) is 26.2 Å². The zero-order valence-electron chi connectivity index (χ0n) is 11.2. The number of ether oxygens (including phenoxy) is 1. The highest BCUT2D eigenvalue weighted by Gasteiger charge is 2.16. The molecule has 0 aliphatic carbocycles. The van der Waals surface area contributed by atoms with Crippen molar-refractivity contribution in [3.05, 3.63) is 0 Å². The third kappa shape index (κ3) is 10.2. The topological polar surface area (TPSA) is 33.3 Å². The molecule has 2 N–H and O–H groups in total. The predicted molar refractivity (Wildman–Crippen MR) is 66.3 cm³/mol. The Morgan fingerprint density at radius 1 is 1.00 bits per heavy atom. The number of nitrogens with one attached hydrogen (secondary N) is 2. The lowest BCUT2D eigenvalue weighted by molar-refractivity contribution is -0.00859. The normalized spacial score (nSPS) is 13.2. The second kappa shape index (κ2) is 6.46. The highest BCUT2D eigenvalue weighted by Crippen LogP contribution is 2.06. The summed E-state index contributed by atoms with van der Waals surface area (Å²) in [4.78, 5) is 0. The lowest BCUT2D eigenvalue weighted by atomic mass is 10.1. The zero-order valence-corrected chi connectivity index (χ0v) is 11.2. The summed E-state index contributed by atoms with van der Waals surface area (Å²) in [5.74, 6) is 0. The van der Waals surface area contributed by atoms with Crippen molar-refractivity contribution in [1.82, 2.24) is 10.6 Å². The first-order valence-corrected chi connectivity index (χ1v) is 5.86. The molecule has 0 atom stereocenters. The van der Waals surface area contributed by atoms with Gasteiger partial charge in [0.25, 0.3) is 0 Å². The van der Waals surface area contributed by atoms with Crippen molar-refractivity contribution in [2.24, 2.45) is 0 Å². The van der Waals surface area contributed by atoms with E-state index in [1.165, 1.54) is 0 Å². The van der Waals surface area contributed by atoms with Gasteiger partial charge in [-0.2, -0.15) is 0 Å². The van der Waals surface area contributed by atoms with Gasteiger partial charge in [-0.05, 0) is 41.5 Å². The molecule has 0 saturated carbocycles. The van der Waals surface area contributed by atoms with E-state index < -0.39 is 0 Å². The molecule has 0 fully saturated rings. The SMILES string of the molecule is CCOC(C)(C)CNCCNC(C)(C)C. The number of rotatable bonds is 7. The second-order valence-electron chi connectivity index (χ2n) is 5.55. The van der Waals surface area contributed by atoms with E-state index in [2.05, 4.69) is 45.3 Å². The molecular formula is C12H28N2O. The molecule has 3 heteroatoms. The molecular weight excluding hydrogens is 188 g/mol. The Morgan fingerprint density at radius 3 is 2.07 bits per heavy atom. The summed E-state index contributed by atoms with van der Waals surface area (Å²) in [7, 11) is 0. The summed E-state index contributed by atoms with van der Waals surface area (Å²) in [6.07, 6.45) is 0. The molecule has 0 saturated heterocycles. The van der Waals surface area contributed by atoms with Crippen molar-refractivity contribution in [3.8, 4) is 0 Å². The summed E-state index contributed by atoms with van der Waals surface area (Å²) in [5, 5.41) is 6.83. The molecule has 0 heterocycles. The van der Waals surface area contributed by atoms with Crippen molar-refractivity contribution in [3.63, 3.8) is 0 Å². The maximum absolute atomic E-state index is 5.59. The lowest BCUT2D eigenvalue weighted by Crippen LogP contribution is -2.43. The van der Waals surface area contributed by atoms with Crippen LogP contribution in [0.2, 0.25) is 0 Å². The van der Waals surface area contributed by atoms with E-state index in [-0.39, 0.29) is 11.1 Å². The average molecular weight is 216 g/mol. The minimum Gasteiger partial charge on any atom is -0.375 e. The molecule has 0 amide bonds. The molecule has 0 bridgehead atoms. The fourth-order valence-electron chi connectivity index (χ4n) is 1.36. The minimum atomic E-state index is -0.0590. The summed E-state index contributed by atoms with van der Waals surface area (Å²) in [6, 6.07) is 0. The molecule has 15 heavy (non-hydrogen) atoms. The van der Waals surface area contributed by atoms with Crippen LogP contribution in [0.15, 0.2) is 0 Å². The van der Waals surface area contributed by atoms with Crippen LogP contribution in [-0.4, -0.2) is 37.4 Å². The monoisotopic (exact) mass is 216 g/mol. The van der Waals surface area contributed by atoms with Crippen LogP contribution in [0.3, 0.4) is 0 Å². The molecule has 0 aromatic heterocycles. The van der Waals surface area contributed by atoms with Gasteiger partial charge >= 0.3 is 0 Å². The van der Waals surface area contributed by atoms with E-state index in [0.29, 0.717) is 0 Å². The van der Waals surface area contributed by atoms with Gasteiger partial charge in [-0.15, -0.1) is 0 Å². The van der Waals surface area contributed by atoms with Crippen LogP contribution < -0.4 is 10.6 Å². The molecule has 0 aliphatic rings. The van der Waals surface area contributed by atoms with Crippen molar-refractivity contribution < 1.29 is 4.74 Å². The predicted octanol–water partition coefficient (Wildman–Crippen LogP) is 1.78. The minimum absolute atomic E-state index is 0.0590. The lowest BCUT2D eigenvalue weighted by Gasteiger charge is -2.26. The molecule has 0 rings (SSSR count). The first-order chi connectivity index (χ1) is 6.77. The van der Waals surface area contributed by atoms with Crippen LogP contribution in [0.4, 0.5) is 0 Å². The molecule has 0 aromatic rings. The van der Waals surface area contributed by atoms with E-state index in [0.717, 1.165) is 26.2 Å². The summed E-state index contributed by atoms with van der Waals surface area (Å²) in [5.41, 5.74) is 0.146. The van der Waals surface area contributed by atoms with Crippen molar-refractivity contribution in [2.45, 2.75) is 52.7 Å². The van der Waals surface area contributed by atoms with Gasteiger partial charge in [0.15, 0.2) is 0 Å². The van der Waals surface area contributed by atoms with Crippen LogP contribution in [0.5, 0.6) is 0 Å². The standard InChI is InChI=1S/C12H28N2O/c1-7-15-12(5,6)10-13-8-9-14-11(2,3)4/h13-14H,7-10H2,1-6H3. The van der Waals surface area contributed by atoms with Gasteiger partial charge in [0.05, 0.1) is 5.60 Å². The maximum atomic E-state index is 5.59. The summed E-state index contributed by atoms with van der Waals surface area (Å²) in [6.45, 7) is 16.4. The molecule has 92 valence electrons. The Labute approximate surface area is 95.0 Å². The summed E-state index contributed by atoms with van der Waals surface area (Å²) >= 11 is 0. The van der Waals surface area contributed by atoms with Crippen LogP contribution in [0.1, 0.15) is 41.5 Å². The number of hydrogen-bond donors (Lipinski definition) is 2. The maximum Gasteiger partial charge on any atom is 0.0750 e. The van der Waals surface area contributed by atoms with Crippen LogP contribution in [0, 0.1) is 0 Å². The van der Waals surface area contributed by atoms with Gasteiger partial charge < -0.3 is 15.4 Å². The third-order valence-corrected chi connectivity index (χ3v) is 2.04.